The summed E-state index contributed by atoms with van der Waals surface area (Å²) >= 11 is 0. The Bertz CT molecular complexity index is 621. The molecule has 1 rings (SSSR count). The third kappa shape index (κ3) is 5.37. The molecular formula is C16H25N5O2. The maximum absolute atomic E-state index is 8.70. The Morgan fingerprint density at radius 1 is 1.26 bits per heavy atom. The summed E-state index contributed by atoms with van der Waals surface area (Å²) in [5.74, 6) is 6.36. The maximum Gasteiger partial charge on any atom is 0.208 e. The Balaban J connectivity index is 2.91. The number of hydrogen-bond donors (Lipinski definition) is 2. The van der Waals surface area contributed by atoms with E-state index in [9.17, 15) is 0 Å². The van der Waals surface area contributed by atoms with Crippen molar-refractivity contribution in [2.24, 2.45) is 21.2 Å². The SMILES string of the molecule is CC/C(=N/N=C(C)/C(C)=N/O)OCc1c(C)cccc1N(C)N. The van der Waals surface area contributed by atoms with Gasteiger partial charge in [-0.25, -0.2) is 5.84 Å². The van der Waals surface area contributed by atoms with Gasteiger partial charge in [0.2, 0.25) is 5.90 Å². The van der Waals surface area contributed by atoms with Gasteiger partial charge in [-0.2, -0.15) is 5.10 Å². The largest absolute Gasteiger partial charge is 0.475 e. The number of hydrazine groups is 1. The average molecular weight is 319 g/mol. The number of aryl methyl sites for hydroxylation is 1. The third-order valence-electron chi connectivity index (χ3n) is 3.44. The Hall–Kier alpha value is -2.41. The summed E-state index contributed by atoms with van der Waals surface area (Å²) in [5, 5.41) is 21.4. The first kappa shape index (κ1) is 18.6. The number of nitrogens with zero attached hydrogens (tertiary/aromatic N) is 4. The summed E-state index contributed by atoms with van der Waals surface area (Å²) in [6.45, 7) is 7.67. The Labute approximate surface area is 137 Å². The summed E-state index contributed by atoms with van der Waals surface area (Å²) in [5.41, 5.74) is 3.95. The predicted octanol–water partition coefficient (Wildman–Crippen LogP) is 2.86. The molecule has 0 saturated carbocycles. The summed E-state index contributed by atoms with van der Waals surface area (Å²) in [6.07, 6.45) is 0.603. The zero-order valence-electron chi connectivity index (χ0n) is 14.4. The van der Waals surface area contributed by atoms with Gasteiger partial charge in [0.15, 0.2) is 0 Å². The van der Waals surface area contributed by atoms with E-state index in [1.165, 1.54) is 0 Å². The van der Waals surface area contributed by atoms with Crippen LogP contribution in [0.5, 0.6) is 0 Å². The van der Waals surface area contributed by atoms with Crippen LogP contribution >= 0.6 is 0 Å². The molecule has 23 heavy (non-hydrogen) atoms. The Kier molecular flexibility index (Phi) is 7.21. The van der Waals surface area contributed by atoms with E-state index in [4.69, 9.17) is 15.8 Å². The first-order valence-electron chi connectivity index (χ1n) is 7.40. The quantitative estimate of drug-likeness (QED) is 0.277. The van der Waals surface area contributed by atoms with Crippen LogP contribution in [0.2, 0.25) is 0 Å². The van der Waals surface area contributed by atoms with Crippen LogP contribution < -0.4 is 10.9 Å². The molecule has 0 fully saturated rings. The number of nitrogens with two attached hydrogens (primary N) is 1. The number of anilines is 1. The highest BCUT2D eigenvalue weighted by molar-refractivity contribution is 6.40. The molecule has 1 aromatic rings. The minimum absolute atomic E-state index is 0.359. The van der Waals surface area contributed by atoms with Crippen molar-refractivity contribution < 1.29 is 9.94 Å². The van der Waals surface area contributed by atoms with Gasteiger partial charge in [-0.15, -0.1) is 5.10 Å². The number of benzene rings is 1. The first-order chi connectivity index (χ1) is 10.9. The molecule has 0 aliphatic heterocycles. The van der Waals surface area contributed by atoms with Gasteiger partial charge in [-0.05, 0) is 32.4 Å². The van der Waals surface area contributed by atoms with Crippen LogP contribution in [0.25, 0.3) is 0 Å². The van der Waals surface area contributed by atoms with E-state index < -0.39 is 0 Å². The topological polar surface area (TPSA) is 95.8 Å². The fraction of sp³-hybridized carbons (Fsp3) is 0.438. The lowest BCUT2D eigenvalue weighted by molar-refractivity contribution is 0.283. The fourth-order valence-corrected chi connectivity index (χ4v) is 1.84. The van der Waals surface area contributed by atoms with Crippen molar-refractivity contribution >= 4 is 23.0 Å². The normalized spacial score (nSPS) is 13.2. The van der Waals surface area contributed by atoms with Gasteiger partial charge < -0.3 is 15.0 Å². The van der Waals surface area contributed by atoms with Crippen molar-refractivity contribution in [3.8, 4) is 0 Å². The van der Waals surface area contributed by atoms with Gasteiger partial charge in [0.05, 0.1) is 17.1 Å². The molecule has 0 radical (unpaired) electrons. The van der Waals surface area contributed by atoms with E-state index >= 15 is 0 Å². The smallest absolute Gasteiger partial charge is 0.208 e. The second-order valence-corrected chi connectivity index (χ2v) is 5.19. The van der Waals surface area contributed by atoms with Crippen molar-refractivity contribution in [1.29, 1.82) is 0 Å². The van der Waals surface area contributed by atoms with E-state index in [2.05, 4.69) is 15.4 Å². The van der Waals surface area contributed by atoms with Crippen molar-refractivity contribution in [1.82, 2.24) is 0 Å². The van der Waals surface area contributed by atoms with Crippen LogP contribution in [0.4, 0.5) is 5.69 Å². The second kappa shape index (κ2) is 8.89. The zero-order valence-corrected chi connectivity index (χ0v) is 14.4. The minimum Gasteiger partial charge on any atom is -0.475 e. The molecule has 126 valence electrons. The highest BCUT2D eigenvalue weighted by Crippen LogP contribution is 2.22. The summed E-state index contributed by atoms with van der Waals surface area (Å²) in [7, 11) is 1.79. The van der Waals surface area contributed by atoms with Crippen LogP contribution in [0.15, 0.2) is 33.6 Å². The van der Waals surface area contributed by atoms with Crippen LogP contribution in [0.3, 0.4) is 0 Å². The van der Waals surface area contributed by atoms with Crippen molar-refractivity contribution in [2.75, 3.05) is 12.1 Å². The molecule has 0 aliphatic carbocycles. The van der Waals surface area contributed by atoms with E-state index in [1.807, 2.05) is 32.0 Å². The van der Waals surface area contributed by atoms with Crippen LogP contribution in [0.1, 0.15) is 38.3 Å². The molecule has 3 N–H and O–H groups in total. The van der Waals surface area contributed by atoms with E-state index in [0.717, 1.165) is 16.8 Å². The van der Waals surface area contributed by atoms with Gasteiger partial charge in [-0.3, -0.25) is 0 Å². The molecular weight excluding hydrogens is 294 g/mol. The number of hydrogen-bond acceptors (Lipinski definition) is 7. The van der Waals surface area contributed by atoms with Gasteiger partial charge in [0.25, 0.3) is 0 Å². The van der Waals surface area contributed by atoms with E-state index in [-0.39, 0.29) is 0 Å². The lowest BCUT2D eigenvalue weighted by Gasteiger charge is -2.19. The molecule has 0 amide bonds. The van der Waals surface area contributed by atoms with Gasteiger partial charge in [-0.1, -0.05) is 24.2 Å². The molecule has 0 heterocycles. The van der Waals surface area contributed by atoms with E-state index in [1.54, 1.807) is 25.9 Å². The van der Waals surface area contributed by atoms with Gasteiger partial charge >= 0.3 is 0 Å². The first-order valence-corrected chi connectivity index (χ1v) is 7.40. The highest BCUT2D eigenvalue weighted by atomic mass is 16.5. The molecule has 0 atom stereocenters. The number of ether oxygens (including phenoxy) is 1. The maximum atomic E-state index is 8.70. The van der Waals surface area contributed by atoms with E-state index in [0.29, 0.717) is 30.3 Å². The van der Waals surface area contributed by atoms with Crippen LogP contribution in [0, 0.1) is 6.92 Å². The summed E-state index contributed by atoms with van der Waals surface area (Å²) in [6, 6.07) is 5.91. The molecule has 0 bridgehead atoms. The van der Waals surface area contributed by atoms with Crippen molar-refractivity contribution in [3.63, 3.8) is 0 Å². The van der Waals surface area contributed by atoms with Crippen molar-refractivity contribution in [3.05, 3.63) is 29.3 Å². The van der Waals surface area contributed by atoms with Crippen LogP contribution in [-0.2, 0) is 11.3 Å². The zero-order chi connectivity index (χ0) is 17.4. The summed E-state index contributed by atoms with van der Waals surface area (Å²) in [4.78, 5) is 0. The molecule has 0 spiro atoms. The Morgan fingerprint density at radius 3 is 2.52 bits per heavy atom. The summed E-state index contributed by atoms with van der Waals surface area (Å²) < 4.78 is 5.77. The molecule has 0 unspecified atom stereocenters. The molecule has 7 heteroatoms. The van der Waals surface area contributed by atoms with Gasteiger partial charge in [0, 0.05) is 19.0 Å². The second-order valence-electron chi connectivity index (χ2n) is 5.19. The monoisotopic (exact) mass is 319 g/mol. The van der Waals surface area contributed by atoms with Crippen LogP contribution in [-0.4, -0.2) is 29.6 Å². The Morgan fingerprint density at radius 2 is 1.96 bits per heavy atom. The number of rotatable bonds is 6. The standard InChI is InChI=1S/C16H25N5O2/c1-6-16(19-18-12(3)13(4)20-22)23-10-14-11(2)8-7-9-15(14)21(5)17/h7-9,22H,6,10,17H2,1-5H3/b18-12+,19-16-,20-13+. The van der Waals surface area contributed by atoms with Gasteiger partial charge in [0.1, 0.15) is 6.61 Å². The number of oxime groups is 1. The van der Waals surface area contributed by atoms with Crippen molar-refractivity contribution in [2.45, 2.75) is 40.7 Å². The third-order valence-corrected chi connectivity index (χ3v) is 3.44. The lowest BCUT2D eigenvalue weighted by Crippen LogP contribution is -2.26. The lowest BCUT2D eigenvalue weighted by atomic mass is 10.1. The fourth-order valence-electron chi connectivity index (χ4n) is 1.84. The molecule has 0 aliphatic rings. The molecule has 1 aromatic carbocycles. The minimum atomic E-state index is 0.359. The highest BCUT2D eigenvalue weighted by Gasteiger charge is 2.09. The predicted molar refractivity (Wildman–Crippen MR) is 94.3 cm³/mol. The molecule has 0 aromatic heterocycles. The average Bonchev–Trinajstić information content (AvgIpc) is 2.54. The molecule has 7 nitrogen and oxygen atoms in total. The molecule has 0 saturated heterocycles.